The highest BCUT2D eigenvalue weighted by molar-refractivity contribution is 7.92. The molecule has 0 unspecified atom stereocenters. The molecule has 0 bridgehead atoms. The number of hydrogen-bond donors (Lipinski definition) is 3. The second kappa shape index (κ2) is 10.6. The van der Waals surface area contributed by atoms with Gasteiger partial charge in [0.2, 0.25) is 5.95 Å². The third-order valence-electron chi connectivity index (χ3n) is 6.60. The van der Waals surface area contributed by atoms with Gasteiger partial charge in [0.15, 0.2) is 9.84 Å². The van der Waals surface area contributed by atoms with Crippen LogP contribution in [0.2, 0.25) is 0 Å². The van der Waals surface area contributed by atoms with Crippen LogP contribution >= 0.6 is 11.3 Å². The van der Waals surface area contributed by atoms with Crippen LogP contribution in [0.3, 0.4) is 0 Å². The largest absolute Gasteiger partial charge is 0.393 e. The molecule has 3 heterocycles. The zero-order chi connectivity index (χ0) is 26.0. The minimum atomic E-state index is -3.41. The maximum atomic E-state index is 12.9. The molecule has 37 heavy (non-hydrogen) atoms. The molecular formula is C27H31N5O3S2. The second-order valence-electron chi connectivity index (χ2n) is 9.48. The van der Waals surface area contributed by atoms with Crippen LogP contribution < -0.4 is 15.5 Å². The third kappa shape index (κ3) is 5.56. The van der Waals surface area contributed by atoms with Crippen LogP contribution in [0, 0.1) is 0 Å². The van der Waals surface area contributed by atoms with E-state index in [1.54, 1.807) is 26.0 Å². The van der Waals surface area contributed by atoms with Crippen LogP contribution in [0.1, 0.15) is 32.3 Å². The van der Waals surface area contributed by atoms with E-state index in [2.05, 4.69) is 32.7 Å². The van der Waals surface area contributed by atoms with Gasteiger partial charge in [-0.15, -0.1) is 11.3 Å². The molecule has 194 valence electrons. The average molecular weight is 538 g/mol. The number of rotatable bonds is 8. The number of aliphatic hydroxyl groups excluding tert-OH is 1. The molecular weight excluding hydrogens is 506 g/mol. The first-order valence-corrected chi connectivity index (χ1v) is 14.8. The van der Waals surface area contributed by atoms with Crippen LogP contribution in [0.4, 0.5) is 23.1 Å². The Hall–Kier alpha value is -3.21. The maximum Gasteiger partial charge on any atom is 0.229 e. The lowest BCUT2D eigenvalue weighted by molar-refractivity contribution is 0.145. The highest BCUT2D eigenvalue weighted by Gasteiger charge is 2.22. The van der Waals surface area contributed by atoms with Gasteiger partial charge in [0.05, 0.1) is 26.5 Å². The normalized spacial score (nSPS) is 14.9. The Morgan fingerprint density at radius 2 is 1.78 bits per heavy atom. The van der Waals surface area contributed by atoms with Gasteiger partial charge in [0.1, 0.15) is 5.82 Å². The first kappa shape index (κ1) is 25.4. The van der Waals surface area contributed by atoms with Crippen LogP contribution in [-0.4, -0.2) is 47.9 Å². The lowest BCUT2D eigenvalue weighted by Gasteiger charge is -2.31. The van der Waals surface area contributed by atoms with E-state index in [1.165, 1.54) is 11.3 Å². The Labute approximate surface area is 221 Å². The van der Waals surface area contributed by atoms with Crippen molar-refractivity contribution in [2.75, 3.05) is 28.6 Å². The summed E-state index contributed by atoms with van der Waals surface area (Å²) in [6, 6.07) is 17.2. The summed E-state index contributed by atoms with van der Waals surface area (Å²) < 4.78 is 26.6. The zero-order valence-electron chi connectivity index (χ0n) is 20.9. The second-order valence-corrected chi connectivity index (χ2v) is 12.9. The first-order valence-electron chi connectivity index (χ1n) is 12.4. The summed E-state index contributed by atoms with van der Waals surface area (Å²) >= 11 is 1.54. The van der Waals surface area contributed by atoms with Crippen LogP contribution in [0.5, 0.6) is 0 Å². The molecule has 1 saturated heterocycles. The lowest BCUT2D eigenvalue weighted by atomic mass is 10.1. The van der Waals surface area contributed by atoms with E-state index in [-0.39, 0.29) is 6.10 Å². The van der Waals surface area contributed by atoms with Gasteiger partial charge in [0, 0.05) is 31.0 Å². The molecule has 3 N–H and O–H groups in total. The quantitative estimate of drug-likeness (QED) is 0.282. The fourth-order valence-electron chi connectivity index (χ4n) is 4.41. The fourth-order valence-corrected chi connectivity index (χ4v) is 6.49. The van der Waals surface area contributed by atoms with E-state index in [4.69, 9.17) is 4.98 Å². The molecule has 2 aromatic heterocycles. The number of hydrogen-bond acceptors (Lipinski definition) is 9. The number of nitrogens with zero attached hydrogens (tertiary/aromatic N) is 3. The van der Waals surface area contributed by atoms with Gasteiger partial charge in [-0.3, -0.25) is 0 Å². The summed E-state index contributed by atoms with van der Waals surface area (Å²) in [5.41, 5.74) is 3.52. The molecule has 4 aromatic rings. The molecule has 0 atom stereocenters. The van der Waals surface area contributed by atoms with Gasteiger partial charge in [-0.2, -0.15) is 4.98 Å². The van der Waals surface area contributed by atoms with E-state index in [1.807, 2.05) is 35.7 Å². The monoisotopic (exact) mass is 537 g/mol. The maximum absolute atomic E-state index is 12.9. The lowest BCUT2D eigenvalue weighted by Crippen LogP contribution is -2.35. The molecule has 1 aliphatic rings. The molecule has 10 heteroatoms. The van der Waals surface area contributed by atoms with Crippen molar-refractivity contribution in [3.05, 3.63) is 65.5 Å². The molecule has 0 spiro atoms. The third-order valence-corrected chi connectivity index (χ3v) is 9.77. The molecule has 0 radical (unpaired) electrons. The van der Waals surface area contributed by atoms with Gasteiger partial charge >= 0.3 is 0 Å². The predicted octanol–water partition coefficient (Wildman–Crippen LogP) is 5.19. The van der Waals surface area contributed by atoms with E-state index in [0.29, 0.717) is 28.8 Å². The van der Waals surface area contributed by atoms with Crippen molar-refractivity contribution in [3.8, 4) is 0 Å². The summed E-state index contributed by atoms with van der Waals surface area (Å²) in [5.74, 6) is 1.12. The van der Waals surface area contributed by atoms with Crippen LogP contribution in [0.15, 0.2) is 64.9 Å². The van der Waals surface area contributed by atoms with Gasteiger partial charge in [-0.1, -0.05) is 18.2 Å². The van der Waals surface area contributed by atoms with Crippen molar-refractivity contribution in [1.29, 1.82) is 0 Å². The zero-order valence-corrected chi connectivity index (χ0v) is 22.5. The molecule has 2 aromatic carbocycles. The number of sulfone groups is 1. The number of fused-ring (bicyclic) bond motifs is 1. The summed E-state index contributed by atoms with van der Waals surface area (Å²) in [5, 5.41) is 17.9. The minimum Gasteiger partial charge on any atom is -0.393 e. The topological polar surface area (TPSA) is 107 Å². The van der Waals surface area contributed by atoms with E-state index in [0.717, 1.165) is 47.5 Å². The number of aliphatic hydroxyl groups is 1. The fraction of sp³-hybridized carbons (Fsp3) is 0.333. The first-order chi connectivity index (χ1) is 17.8. The minimum absolute atomic E-state index is 0.197. The van der Waals surface area contributed by atoms with Crippen molar-refractivity contribution in [2.45, 2.75) is 49.5 Å². The van der Waals surface area contributed by atoms with E-state index < -0.39 is 15.1 Å². The molecule has 5 rings (SSSR count). The van der Waals surface area contributed by atoms with Gasteiger partial charge < -0.3 is 20.6 Å². The Balaban J connectivity index is 1.35. The smallest absolute Gasteiger partial charge is 0.229 e. The number of benzene rings is 2. The number of thiophene rings is 1. The molecule has 8 nitrogen and oxygen atoms in total. The number of aromatic nitrogens is 2. The van der Waals surface area contributed by atoms with E-state index in [9.17, 15) is 13.5 Å². The SMILES string of the molecule is CC(C)S(=O)(=O)c1ccccc1CNc1nc(Nc2ccc(N3CCC(O)CC3)cc2)nc2ccsc12. The molecule has 0 amide bonds. The number of nitrogens with one attached hydrogen (secondary N) is 2. The van der Waals surface area contributed by atoms with E-state index >= 15 is 0 Å². The van der Waals surface area contributed by atoms with Gasteiger partial charge in [-0.05, 0) is 74.0 Å². The molecule has 0 saturated carbocycles. The number of piperidine rings is 1. The van der Waals surface area contributed by atoms with Crippen molar-refractivity contribution in [3.63, 3.8) is 0 Å². The summed E-state index contributed by atoms with van der Waals surface area (Å²) in [4.78, 5) is 12.0. The molecule has 1 aliphatic heterocycles. The van der Waals surface area contributed by atoms with Crippen LogP contribution in [0.25, 0.3) is 10.2 Å². The van der Waals surface area contributed by atoms with Crippen molar-refractivity contribution >= 4 is 54.5 Å². The predicted molar refractivity (Wildman–Crippen MR) is 151 cm³/mol. The summed E-state index contributed by atoms with van der Waals surface area (Å²) in [6.07, 6.45) is 1.38. The van der Waals surface area contributed by atoms with Crippen LogP contribution in [-0.2, 0) is 16.4 Å². The molecule has 1 fully saturated rings. The van der Waals surface area contributed by atoms with Gasteiger partial charge in [-0.25, -0.2) is 13.4 Å². The Morgan fingerprint density at radius 3 is 2.51 bits per heavy atom. The summed E-state index contributed by atoms with van der Waals surface area (Å²) in [7, 11) is -3.41. The van der Waals surface area contributed by atoms with Gasteiger partial charge in [0.25, 0.3) is 0 Å². The number of anilines is 4. The summed E-state index contributed by atoms with van der Waals surface area (Å²) in [6.45, 7) is 5.41. The highest BCUT2D eigenvalue weighted by Crippen LogP contribution is 2.30. The Bertz CT molecular complexity index is 1480. The average Bonchev–Trinajstić information content (AvgIpc) is 3.37. The Morgan fingerprint density at radius 1 is 1.05 bits per heavy atom. The van der Waals surface area contributed by atoms with Crippen molar-refractivity contribution in [2.24, 2.45) is 0 Å². The highest BCUT2D eigenvalue weighted by atomic mass is 32.2. The molecule has 0 aliphatic carbocycles. The standard InChI is InChI=1S/C27H31N5O3S2/c1-18(2)37(34,35)24-6-4-3-5-19(24)17-28-26-25-23(13-16-36-25)30-27(31-26)29-20-7-9-21(10-8-20)32-14-11-22(33)12-15-32/h3-10,13,16,18,22,33H,11-12,14-15,17H2,1-2H3,(H2,28,29,30,31). The van der Waals surface area contributed by atoms with Crippen molar-refractivity contribution < 1.29 is 13.5 Å². The Kier molecular flexibility index (Phi) is 7.32. The van der Waals surface area contributed by atoms with Crippen molar-refractivity contribution in [1.82, 2.24) is 9.97 Å².